The average Bonchev–Trinajstić information content (AvgIpc) is 3.39. The third-order valence-corrected chi connectivity index (χ3v) is 6.08. The second-order valence-corrected chi connectivity index (χ2v) is 8.14. The molecule has 3 aromatic rings. The van der Waals surface area contributed by atoms with Crippen LogP contribution in [-0.4, -0.2) is 27.3 Å². The molecule has 0 saturated carbocycles. The minimum atomic E-state index is -0.610. The summed E-state index contributed by atoms with van der Waals surface area (Å²) in [6, 6.07) is 3.50. The Morgan fingerprint density at radius 1 is 1.38 bits per heavy atom. The number of amides is 1. The first-order valence-electron chi connectivity index (χ1n) is 9.22. The van der Waals surface area contributed by atoms with Gasteiger partial charge in [-0.1, -0.05) is 6.07 Å². The Morgan fingerprint density at radius 2 is 2.21 bits per heavy atom. The molecule has 6 nitrogen and oxygen atoms in total. The third-order valence-electron chi connectivity index (χ3n) is 5.17. The Bertz CT molecular complexity index is 1050. The molecule has 0 spiro atoms. The van der Waals surface area contributed by atoms with Gasteiger partial charge in [0.05, 0.1) is 18.2 Å². The molecule has 2 aromatic heterocycles. The predicted octanol–water partition coefficient (Wildman–Crippen LogP) is 3.77. The molecule has 3 heterocycles. The summed E-state index contributed by atoms with van der Waals surface area (Å²) in [6.45, 7) is 2.45. The number of hydrogen-bond acceptors (Lipinski definition) is 5. The van der Waals surface area contributed by atoms with Gasteiger partial charge >= 0.3 is 0 Å². The molecule has 1 aliphatic heterocycles. The van der Waals surface area contributed by atoms with E-state index in [1.54, 1.807) is 17.1 Å². The number of benzene rings is 1. The van der Waals surface area contributed by atoms with Gasteiger partial charge in [0, 0.05) is 48.5 Å². The van der Waals surface area contributed by atoms with E-state index in [1.807, 2.05) is 14.0 Å². The van der Waals surface area contributed by atoms with Crippen molar-refractivity contribution in [1.29, 1.82) is 0 Å². The molecule has 0 radical (unpaired) electrons. The molecule has 152 valence electrons. The van der Waals surface area contributed by atoms with E-state index in [4.69, 9.17) is 4.74 Å². The summed E-state index contributed by atoms with van der Waals surface area (Å²) >= 11 is 1.27. The van der Waals surface area contributed by atoms with E-state index in [9.17, 15) is 13.6 Å². The lowest BCUT2D eigenvalue weighted by molar-refractivity contribution is -0.121. The summed E-state index contributed by atoms with van der Waals surface area (Å²) in [4.78, 5) is 17.8. The van der Waals surface area contributed by atoms with E-state index < -0.39 is 11.6 Å². The molecule has 0 aliphatic carbocycles. The number of nitrogens with one attached hydrogen (secondary N) is 1. The number of anilines is 1. The summed E-state index contributed by atoms with van der Waals surface area (Å²) in [5.74, 6) is -1.70. The minimum absolute atomic E-state index is 0.162. The van der Waals surface area contributed by atoms with E-state index >= 15 is 0 Å². The molecule has 1 aliphatic rings. The van der Waals surface area contributed by atoms with E-state index in [0.717, 1.165) is 22.2 Å². The maximum Gasteiger partial charge on any atom is 0.232 e. The monoisotopic (exact) mass is 418 g/mol. The van der Waals surface area contributed by atoms with Crippen LogP contribution in [0.25, 0.3) is 0 Å². The zero-order valence-corrected chi connectivity index (χ0v) is 16.8. The molecule has 1 saturated heterocycles. The van der Waals surface area contributed by atoms with Crippen molar-refractivity contribution in [2.45, 2.75) is 25.9 Å². The van der Waals surface area contributed by atoms with Gasteiger partial charge in [-0.2, -0.15) is 5.10 Å². The fraction of sp³-hybridized carbons (Fsp3) is 0.350. The van der Waals surface area contributed by atoms with Crippen LogP contribution in [0, 0.1) is 24.5 Å². The molecular formula is C20H20F2N4O2S. The van der Waals surface area contributed by atoms with E-state index in [2.05, 4.69) is 15.4 Å². The standard InChI is InChI=1S/C20H20F2N4O2S/c1-11-16(10-24-26(11)2)18-15(5-6-28-18)19(27)25-20-23-9-14(29-20)7-12-3-4-13(21)8-17(12)22/h3-4,8-10,15,18H,5-7H2,1-2H3,(H,23,25,27)/t15-,18-/m0/s1. The van der Waals surface area contributed by atoms with Crippen LogP contribution in [0.5, 0.6) is 0 Å². The fourth-order valence-corrected chi connectivity index (χ4v) is 4.30. The summed E-state index contributed by atoms with van der Waals surface area (Å²) in [5.41, 5.74) is 2.26. The van der Waals surface area contributed by atoms with Gasteiger partial charge in [0.2, 0.25) is 5.91 Å². The van der Waals surface area contributed by atoms with Crippen LogP contribution in [0.3, 0.4) is 0 Å². The van der Waals surface area contributed by atoms with Gasteiger partial charge in [0.15, 0.2) is 5.13 Å². The van der Waals surface area contributed by atoms with Crippen molar-refractivity contribution >= 4 is 22.4 Å². The topological polar surface area (TPSA) is 69.0 Å². The van der Waals surface area contributed by atoms with Crippen molar-refractivity contribution in [3.8, 4) is 0 Å². The highest BCUT2D eigenvalue weighted by Gasteiger charge is 2.37. The zero-order valence-electron chi connectivity index (χ0n) is 16.0. The Morgan fingerprint density at radius 3 is 2.93 bits per heavy atom. The molecule has 0 unspecified atom stereocenters. The maximum absolute atomic E-state index is 13.8. The molecule has 1 aromatic carbocycles. The smallest absolute Gasteiger partial charge is 0.232 e. The quantitative estimate of drug-likeness (QED) is 0.685. The van der Waals surface area contributed by atoms with Gasteiger partial charge in [-0.05, 0) is 25.0 Å². The van der Waals surface area contributed by atoms with E-state index in [1.165, 1.54) is 23.5 Å². The van der Waals surface area contributed by atoms with Crippen LogP contribution in [0.2, 0.25) is 0 Å². The number of carbonyl (C=O) groups excluding carboxylic acids is 1. The lowest BCUT2D eigenvalue weighted by Crippen LogP contribution is -2.25. The van der Waals surface area contributed by atoms with Gasteiger partial charge in [0.25, 0.3) is 0 Å². The van der Waals surface area contributed by atoms with Crippen molar-refractivity contribution < 1.29 is 18.3 Å². The normalized spacial score (nSPS) is 18.9. The van der Waals surface area contributed by atoms with E-state index in [0.29, 0.717) is 23.7 Å². The molecular weight excluding hydrogens is 398 g/mol. The second-order valence-electron chi connectivity index (χ2n) is 7.03. The second kappa shape index (κ2) is 8.00. The molecule has 1 amide bonds. The number of nitrogens with zero attached hydrogens (tertiary/aromatic N) is 3. The number of carbonyl (C=O) groups is 1. The van der Waals surface area contributed by atoms with Crippen molar-refractivity contribution in [2.75, 3.05) is 11.9 Å². The Labute approximate surface area is 170 Å². The predicted molar refractivity (Wildman–Crippen MR) is 105 cm³/mol. The molecule has 29 heavy (non-hydrogen) atoms. The van der Waals surface area contributed by atoms with Gasteiger partial charge in [-0.3, -0.25) is 9.48 Å². The van der Waals surface area contributed by atoms with Crippen LogP contribution in [0.15, 0.2) is 30.6 Å². The highest BCUT2D eigenvalue weighted by Crippen LogP contribution is 2.37. The van der Waals surface area contributed by atoms with Gasteiger partial charge in [0.1, 0.15) is 11.6 Å². The Hall–Kier alpha value is -2.65. The molecule has 1 fully saturated rings. The lowest BCUT2D eigenvalue weighted by Gasteiger charge is -2.17. The first-order valence-corrected chi connectivity index (χ1v) is 10.0. The van der Waals surface area contributed by atoms with Gasteiger partial charge < -0.3 is 10.1 Å². The van der Waals surface area contributed by atoms with Crippen molar-refractivity contribution in [3.63, 3.8) is 0 Å². The van der Waals surface area contributed by atoms with Gasteiger partial charge in [-0.15, -0.1) is 11.3 Å². The highest BCUT2D eigenvalue weighted by atomic mass is 32.1. The van der Waals surface area contributed by atoms with Crippen LogP contribution >= 0.6 is 11.3 Å². The third kappa shape index (κ3) is 4.06. The fourth-order valence-electron chi connectivity index (χ4n) is 3.46. The number of aromatic nitrogens is 3. The molecule has 0 bridgehead atoms. The molecule has 9 heteroatoms. The Balaban J connectivity index is 1.44. The molecule has 1 N–H and O–H groups in total. The summed E-state index contributed by atoms with van der Waals surface area (Å²) in [6.07, 6.45) is 3.89. The van der Waals surface area contributed by atoms with Crippen LogP contribution in [-0.2, 0) is 23.0 Å². The van der Waals surface area contributed by atoms with Crippen molar-refractivity contribution in [2.24, 2.45) is 13.0 Å². The lowest BCUT2D eigenvalue weighted by atomic mass is 9.95. The molecule has 4 rings (SSSR count). The van der Waals surface area contributed by atoms with E-state index in [-0.39, 0.29) is 24.3 Å². The summed E-state index contributed by atoms with van der Waals surface area (Å²) < 4.78 is 34.5. The number of thiazole rings is 1. The number of hydrogen-bond donors (Lipinski definition) is 1. The summed E-state index contributed by atoms with van der Waals surface area (Å²) in [7, 11) is 1.85. The van der Waals surface area contributed by atoms with Crippen molar-refractivity contribution in [3.05, 3.63) is 63.9 Å². The number of ether oxygens (including phenoxy) is 1. The zero-order chi connectivity index (χ0) is 20.5. The van der Waals surface area contributed by atoms with Crippen LogP contribution < -0.4 is 5.32 Å². The van der Waals surface area contributed by atoms with Crippen molar-refractivity contribution in [1.82, 2.24) is 14.8 Å². The Kier molecular flexibility index (Phi) is 5.42. The SMILES string of the molecule is Cc1c([C@H]2OCC[C@@H]2C(=O)Nc2ncc(Cc3ccc(F)cc3F)s2)cnn1C. The first-order chi connectivity index (χ1) is 13.9. The average molecular weight is 418 g/mol. The molecule has 2 atom stereocenters. The summed E-state index contributed by atoms with van der Waals surface area (Å²) in [5, 5.41) is 7.53. The number of aryl methyl sites for hydroxylation is 1. The van der Waals surface area contributed by atoms with Gasteiger partial charge in [-0.25, -0.2) is 13.8 Å². The van der Waals surface area contributed by atoms with Crippen LogP contribution in [0.4, 0.5) is 13.9 Å². The first kappa shape index (κ1) is 19.7. The highest BCUT2D eigenvalue weighted by molar-refractivity contribution is 7.15. The van der Waals surface area contributed by atoms with Crippen LogP contribution in [0.1, 0.15) is 34.2 Å². The number of halogens is 2. The maximum atomic E-state index is 13.8. The largest absolute Gasteiger partial charge is 0.373 e. The minimum Gasteiger partial charge on any atom is -0.373 e. The number of rotatable bonds is 5.